The van der Waals surface area contributed by atoms with Crippen LogP contribution in [0.1, 0.15) is 33.2 Å². The van der Waals surface area contributed by atoms with Gasteiger partial charge in [-0.05, 0) is 42.8 Å². The second kappa shape index (κ2) is 4.94. The summed E-state index contributed by atoms with van der Waals surface area (Å²) in [5.41, 5.74) is 2.29. The Hall–Kier alpha value is -0.610. The van der Waals surface area contributed by atoms with Gasteiger partial charge < -0.3 is 9.55 Å². The molecular weight excluding hydrogens is 296 g/mol. The van der Waals surface area contributed by atoms with Crippen LogP contribution in [0.25, 0.3) is 11.0 Å². The molecule has 1 atom stereocenters. The minimum absolute atomic E-state index is 0.456. The molecule has 1 heterocycles. The highest BCUT2D eigenvalue weighted by Gasteiger charge is 2.17. The second-order valence-corrected chi connectivity index (χ2v) is 5.98. The standard InChI is InChI=1S/C13H17BrN2S/c1-4-11(8(2)3)16-12-6-5-9(14)7-10(12)15-13(16)17/h5-8,11H,4H2,1-3H3,(H,15,17). The van der Waals surface area contributed by atoms with Crippen LogP contribution in [0, 0.1) is 10.7 Å². The molecule has 0 amide bonds. The maximum absolute atomic E-state index is 5.45. The number of aromatic amines is 1. The zero-order valence-electron chi connectivity index (χ0n) is 10.3. The highest BCUT2D eigenvalue weighted by atomic mass is 79.9. The number of nitrogens with zero attached hydrogens (tertiary/aromatic N) is 1. The topological polar surface area (TPSA) is 20.7 Å². The summed E-state index contributed by atoms with van der Waals surface area (Å²) in [5, 5.41) is 0. The predicted molar refractivity (Wildman–Crippen MR) is 79.0 cm³/mol. The second-order valence-electron chi connectivity index (χ2n) is 4.68. The Bertz CT molecular complexity index is 583. The largest absolute Gasteiger partial charge is 0.331 e. The molecule has 0 fully saturated rings. The lowest BCUT2D eigenvalue weighted by Gasteiger charge is -2.21. The van der Waals surface area contributed by atoms with E-state index in [0.29, 0.717) is 12.0 Å². The van der Waals surface area contributed by atoms with E-state index >= 15 is 0 Å². The molecule has 0 aliphatic heterocycles. The number of hydrogen-bond donors (Lipinski definition) is 1. The van der Waals surface area contributed by atoms with Crippen molar-refractivity contribution >= 4 is 39.2 Å². The maximum atomic E-state index is 5.45. The van der Waals surface area contributed by atoms with Crippen LogP contribution in [0.3, 0.4) is 0 Å². The number of halogens is 1. The molecule has 4 heteroatoms. The molecule has 0 aliphatic carbocycles. The van der Waals surface area contributed by atoms with Crippen molar-refractivity contribution in [3.8, 4) is 0 Å². The third kappa shape index (κ3) is 2.33. The molecule has 0 spiro atoms. The number of imidazole rings is 1. The third-order valence-electron chi connectivity index (χ3n) is 3.20. The van der Waals surface area contributed by atoms with Crippen LogP contribution >= 0.6 is 28.1 Å². The van der Waals surface area contributed by atoms with Crippen molar-refractivity contribution in [2.24, 2.45) is 5.92 Å². The van der Waals surface area contributed by atoms with Crippen molar-refractivity contribution in [2.75, 3.05) is 0 Å². The van der Waals surface area contributed by atoms with Gasteiger partial charge in [0.15, 0.2) is 4.77 Å². The summed E-state index contributed by atoms with van der Waals surface area (Å²) in [6.45, 7) is 6.70. The van der Waals surface area contributed by atoms with Gasteiger partial charge in [-0.15, -0.1) is 0 Å². The Balaban J connectivity index is 2.68. The molecule has 2 aromatic rings. The van der Waals surface area contributed by atoms with Gasteiger partial charge >= 0.3 is 0 Å². The molecule has 1 unspecified atom stereocenters. The fourth-order valence-corrected chi connectivity index (χ4v) is 3.09. The average Bonchev–Trinajstić information content (AvgIpc) is 2.55. The quantitative estimate of drug-likeness (QED) is 0.785. The van der Waals surface area contributed by atoms with E-state index in [9.17, 15) is 0 Å². The Kier molecular flexibility index (Phi) is 3.73. The zero-order valence-corrected chi connectivity index (χ0v) is 12.7. The SMILES string of the molecule is CCC(C(C)C)n1c(=S)[nH]c2cc(Br)ccc21. The lowest BCUT2D eigenvalue weighted by atomic mass is 10.0. The summed E-state index contributed by atoms with van der Waals surface area (Å²) in [4.78, 5) is 3.29. The van der Waals surface area contributed by atoms with Gasteiger partial charge in [0, 0.05) is 10.5 Å². The van der Waals surface area contributed by atoms with Crippen LogP contribution in [0.2, 0.25) is 0 Å². The number of aromatic nitrogens is 2. The third-order valence-corrected chi connectivity index (χ3v) is 3.99. The predicted octanol–water partition coefficient (Wildman–Crippen LogP) is 5.07. The molecule has 1 N–H and O–H groups in total. The monoisotopic (exact) mass is 312 g/mol. The Morgan fingerprint density at radius 3 is 2.71 bits per heavy atom. The maximum Gasteiger partial charge on any atom is 0.178 e. The molecule has 1 aromatic heterocycles. The number of rotatable bonds is 3. The first-order chi connectivity index (χ1) is 8.04. The van der Waals surface area contributed by atoms with Crippen molar-refractivity contribution in [1.82, 2.24) is 9.55 Å². The number of benzene rings is 1. The Morgan fingerprint density at radius 2 is 2.12 bits per heavy atom. The normalized spacial score (nSPS) is 13.5. The van der Waals surface area contributed by atoms with Crippen molar-refractivity contribution in [1.29, 1.82) is 0 Å². The van der Waals surface area contributed by atoms with E-state index in [2.05, 4.69) is 64.5 Å². The Morgan fingerprint density at radius 1 is 1.41 bits per heavy atom. The molecule has 0 saturated carbocycles. The minimum atomic E-state index is 0.456. The zero-order chi connectivity index (χ0) is 12.6. The molecule has 0 bridgehead atoms. The molecule has 0 saturated heterocycles. The molecule has 0 radical (unpaired) electrons. The summed E-state index contributed by atoms with van der Waals surface area (Å²) >= 11 is 8.94. The van der Waals surface area contributed by atoms with Crippen LogP contribution < -0.4 is 0 Å². The minimum Gasteiger partial charge on any atom is -0.331 e. The smallest absolute Gasteiger partial charge is 0.178 e. The molecule has 1 aromatic carbocycles. The molecule has 92 valence electrons. The first-order valence-corrected chi connectivity index (χ1v) is 7.14. The molecule has 17 heavy (non-hydrogen) atoms. The van der Waals surface area contributed by atoms with E-state index in [1.54, 1.807) is 0 Å². The van der Waals surface area contributed by atoms with Crippen LogP contribution in [-0.4, -0.2) is 9.55 Å². The van der Waals surface area contributed by atoms with Gasteiger partial charge in [0.2, 0.25) is 0 Å². The van der Waals surface area contributed by atoms with Gasteiger partial charge in [-0.3, -0.25) is 0 Å². The molecule has 2 rings (SSSR count). The highest BCUT2D eigenvalue weighted by Crippen LogP contribution is 2.28. The number of fused-ring (bicyclic) bond motifs is 1. The van der Waals surface area contributed by atoms with Crippen LogP contribution in [-0.2, 0) is 0 Å². The van der Waals surface area contributed by atoms with Gasteiger partial charge in [0.05, 0.1) is 11.0 Å². The van der Waals surface area contributed by atoms with Crippen LogP contribution in [0.5, 0.6) is 0 Å². The number of hydrogen-bond acceptors (Lipinski definition) is 1. The Labute approximate surface area is 115 Å². The summed E-state index contributed by atoms with van der Waals surface area (Å²) in [7, 11) is 0. The fraction of sp³-hybridized carbons (Fsp3) is 0.462. The van der Waals surface area contributed by atoms with Crippen molar-refractivity contribution in [3.05, 3.63) is 27.4 Å². The van der Waals surface area contributed by atoms with E-state index in [4.69, 9.17) is 12.2 Å². The summed E-state index contributed by atoms with van der Waals surface area (Å²) < 4.78 is 4.14. The molecule has 2 nitrogen and oxygen atoms in total. The van der Waals surface area contributed by atoms with E-state index in [0.717, 1.165) is 21.2 Å². The van der Waals surface area contributed by atoms with Crippen molar-refractivity contribution in [2.45, 2.75) is 33.2 Å². The van der Waals surface area contributed by atoms with Crippen LogP contribution in [0.15, 0.2) is 22.7 Å². The first-order valence-electron chi connectivity index (χ1n) is 5.94. The van der Waals surface area contributed by atoms with Gasteiger partial charge in [0.1, 0.15) is 0 Å². The summed E-state index contributed by atoms with van der Waals surface area (Å²) in [6, 6.07) is 6.72. The lowest BCUT2D eigenvalue weighted by molar-refractivity contribution is 0.370. The van der Waals surface area contributed by atoms with Gasteiger partial charge in [0.25, 0.3) is 0 Å². The molecular formula is C13H17BrN2S. The van der Waals surface area contributed by atoms with Gasteiger partial charge in [-0.25, -0.2) is 0 Å². The van der Waals surface area contributed by atoms with Gasteiger partial charge in [-0.1, -0.05) is 36.7 Å². The highest BCUT2D eigenvalue weighted by molar-refractivity contribution is 9.10. The van der Waals surface area contributed by atoms with Gasteiger partial charge in [-0.2, -0.15) is 0 Å². The van der Waals surface area contributed by atoms with E-state index < -0.39 is 0 Å². The lowest BCUT2D eigenvalue weighted by Crippen LogP contribution is -2.14. The van der Waals surface area contributed by atoms with Crippen molar-refractivity contribution in [3.63, 3.8) is 0 Å². The summed E-state index contributed by atoms with van der Waals surface area (Å²) in [6.07, 6.45) is 1.09. The summed E-state index contributed by atoms with van der Waals surface area (Å²) in [5.74, 6) is 0.578. The van der Waals surface area contributed by atoms with Crippen LogP contribution in [0.4, 0.5) is 0 Å². The molecule has 0 aliphatic rings. The number of nitrogens with one attached hydrogen (secondary N) is 1. The average molecular weight is 313 g/mol. The fourth-order valence-electron chi connectivity index (χ4n) is 2.38. The van der Waals surface area contributed by atoms with E-state index in [1.165, 1.54) is 5.52 Å². The first kappa shape index (κ1) is 12.8. The van der Waals surface area contributed by atoms with E-state index in [-0.39, 0.29) is 0 Å². The van der Waals surface area contributed by atoms with E-state index in [1.807, 2.05) is 0 Å². The van der Waals surface area contributed by atoms with Crippen molar-refractivity contribution < 1.29 is 0 Å². The number of H-pyrrole nitrogens is 1.